The molecule has 0 aliphatic rings. The first-order valence-corrected chi connectivity index (χ1v) is 5.54. The van der Waals surface area contributed by atoms with Gasteiger partial charge in [0.25, 0.3) is 5.91 Å². The Morgan fingerprint density at radius 1 is 1.38 bits per heavy atom. The molecule has 0 saturated carbocycles. The van der Waals surface area contributed by atoms with Crippen molar-refractivity contribution in [1.82, 2.24) is 5.43 Å². The second kappa shape index (κ2) is 6.05. The standard InChI is InChI=1S/C13H18N2O/c1-4-5-8-14-15-13(16)12-7-6-10(2)11(3)9-12/h6-9H,4-5H2,1-3H3,(H,15,16)/b14-8+. The maximum Gasteiger partial charge on any atom is 0.271 e. The predicted molar refractivity (Wildman–Crippen MR) is 66.8 cm³/mol. The van der Waals surface area contributed by atoms with Crippen molar-refractivity contribution in [2.45, 2.75) is 33.6 Å². The van der Waals surface area contributed by atoms with Crippen LogP contribution in [-0.4, -0.2) is 12.1 Å². The number of nitrogens with one attached hydrogen (secondary N) is 1. The second-order valence-electron chi connectivity index (χ2n) is 3.84. The van der Waals surface area contributed by atoms with Crippen molar-refractivity contribution in [1.29, 1.82) is 0 Å². The Kier molecular flexibility index (Phi) is 4.70. The van der Waals surface area contributed by atoms with Gasteiger partial charge in [0, 0.05) is 11.8 Å². The van der Waals surface area contributed by atoms with Gasteiger partial charge in [-0.1, -0.05) is 19.4 Å². The number of hydrazone groups is 1. The molecule has 0 aliphatic carbocycles. The topological polar surface area (TPSA) is 41.5 Å². The van der Waals surface area contributed by atoms with E-state index >= 15 is 0 Å². The molecule has 0 heterocycles. The van der Waals surface area contributed by atoms with E-state index in [0.717, 1.165) is 18.4 Å². The van der Waals surface area contributed by atoms with Gasteiger partial charge in [0.2, 0.25) is 0 Å². The van der Waals surface area contributed by atoms with Crippen molar-refractivity contribution in [2.24, 2.45) is 5.10 Å². The number of carbonyl (C=O) groups excluding carboxylic acids is 1. The highest BCUT2D eigenvalue weighted by atomic mass is 16.2. The lowest BCUT2D eigenvalue weighted by molar-refractivity contribution is 0.0955. The fraction of sp³-hybridized carbons (Fsp3) is 0.385. The van der Waals surface area contributed by atoms with Gasteiger partial charge in [-0.2, -0.15) is 5.10 Å². The van der Waals surface area contributed by atoms with Crippen molar-refractivity contribution in [3.63, 3.8) is 0 Å². The van der Waals surface area contributed by atoms with Crippen LogP contribution in [0.5, 0.6) is 0 Å². The van der Waals surface area contributed by atoms with Gasteiger partial charge in [0.15, 0.2) is 0 Å². The second-order valence-corrected chi connectivity index (χ2v) is 3.84. The molecule has 0 radical (unpaired) electrons. The molecular weight excluding hydrogens is 200 g/mol. The molecular formula is C13H18N2O. The van der Waals surface area contributed by atoms with E-state index in [-0.39, 0.29) is 5.91 Å². The van der Waals surface area contributed by atoms with E-state index in [9.17, 15) is 4.79 Å². The summed E-state index contributed by atoms with van der Waals surface area (Å²) in [7, 11) is 0. The van der Waals surface area contributed by atoms with Crippen LogP contribution in [0.25, 0.3) is 0 Å². The molecule has 3 heteroatoms. The third-order valence-corrected chi connectivity index (χ3v) is 2.44. The fourth-order valence-electron chi connectivity index (χ4n) is 1.25. The molecule has 0 aromatic heterocycles. The minimum absolute atomic E-state index is 0.157. The van der Waals surface area contributed by atoms with Crippen LogP contribution >= 0.6 is 0 Å². The van der Waals surface area contributed by atoms with E-state index in [4.69, 9.17) is 0 Å². The Morgan fingerprint density at radius 2 is 2.12 bits per heavy atom. The average Bonchev–Trinajstić information content (AvgIpc) is 2.28. The van der Waals surface area contributed by atoms with Crippen LogP contribution in [0.1, 0.15) is 41.3 Å². The molecule has 0 aliphatic heterocycles. The van der Waals surface area contributed by atoms with Crippen molar-refractivity contribution >= 4 is 12.1 Å². The largest absolute Gasteiger partial charge is 0.271 e. The molecule has 0 unspecified atom stereocenters. The van der Waals surface area contributed by atoms with Gasteiger partial charge in [-0.3, -0.25) is 4.79 Å². The van der Waals surface area contributed by atoms with Crippen LogP contribution < -0.4 is 5.43 Å². The summed E-state index contributed by atoms with van der Waals surface area (Å²) in [5.74, 6) is -0.157. The molecule has 1 amide bonds. The molecule has 0 bridgehead atoms. The molecule has 0 fully saturated rings. The van der Waals surface area contributed by atoms with Gasteiger partial charge < -0.3 is 0 Å². The lowest BCUT2D eigenvalue weighted by Gasteiger charge is -2.03. The minimum atomic E-state index is -0.157. The van der Waals surface area contributed by atoms with Gasteiger partial charge in [-0.25, -0.2) is 5.43 Å². The predicted octanol–water partition coefficient (Wildman–Crippen LogP) is 2.82. The quantitative estimate of drug-likeness (QED) is 0.612. The first kappa shape index (κ1) is 12.4. The zero-order valence-corrected chi connectivity index (χ0v) is 10.1. The number of hydrogen-bond donors (Lipinski definition) is 1. The van der Waals surface area contributed by atoms with Crippen LogP contribution in [0.2, 0.25) is 0 Å². The number of aryl methyl sites for hydroxylation is 2. The van der Waals surface area contributed by atoms with E-state index in [1.165, 1.54) is 5.56 Å². The minimum Gasteiger partial charge on any atom is -0.267 e. The Balaban J connectivity index is 2.63. The van der Waals surface area contributed by atoms with Gasteiger partial charge in [-0.15, -0.1) is 0 Å². The highest BCUT2D eigenvalue weighted by molar-refractivity contribution is 5.94. The Morgan fingerprint density at radius 3 is 2.75 bits per heavy atom. The first-order chi connectivity index (χ1) is 7.65. The van der Waals surface area contributed by atoms with Gasteiger partial charge in [0.1, 0.15) is 0 Å². The number of nitrogens with zero attached hydrogens (tertiary/aromatic N) is 1. The van der Waals surface area contributed by atoms with E-state index in [1.54, 1.807) is 6.21 Å². The summed E-state index contributed by atoms with van der Waals surface area (Å²) < 4.78 is 0. The Bertz CT molecular complexity index is 397. The summed E-state index contributed by atoms with van der Waals surface area (Å²) >= 11 is 0. The molecule has 1 aromatic rings. The molecule has 1 N–H and O–H groups in total. The maximum atomic E-state index is 11.6. The average molecular weight is 218 g/mol. The SMILES string of the molecule is CCC/C=N/NC(=O)c1ccc(C)c(C)c1. The Labute approximate surface area is 96.6 Å². The number of carbonyl (C=O) groups is 1. The van der Waals surface area contributed by atoms with Gasteiger partial charge in [-0.05, 0) is 43.5 Å². The van der Waals surface area contributed by atoms with Crippen LogP contribution in [0.3, 0.4) is 0 Å². The third kappa shape index (κ3) is 3.50. The molecule has 1 aromatic carbocycles. The number of unbranched alkanes of at least 4 members (excludes halogenated alkanes) is 1. The van der Waals surface area contributed by atoms with Crippen LogP contribution in [0.15, 0.2) is 23.3 Å². The van der Waals surface area contributed by atoms with Crippen molar-refractivity contribution < 1.29 is 4.79 Å². The molecule has 0 atom stereocenters. The van der Waals surface area contributed by atoms with Gasteiger partial charge in [0.05, 0.1) is 0 Å². The molecule has 86 valence electrons. The monoisotopic (exact) mass is 218 g/mol. The van der Waals surface area contributed by atoms with Crippen molar-refractivity contribution in [3.05, 3.63) is 34.9 Å². The third-order valence-electron chi connectivity index (χ3n) is 2.44. The molecule has 3 nitrogen and oxygen atoms in total. The zero-order valence-electron chi connectivity index (χ0n) is 10.1. The number of hydrogen-bond acceptors (Lipinski definition) is 2. The normalized spacial score (nSPS) is 10.7. The van der Waals surface area contributed by atoms with Crippen molar-refractivity contribution in [3.8, 4) is 0 Å². The van der Waals surface area contributed by atoms with Gasteiger partial charge >= 0.3 is 0 Å². The van der Waals surface area contributed by atoms with Crippen LogP contribution in [0, 0.1) is 13.8 Å². The number of amides is 1. The number of benzene rings is 1. The molecule has 16 heavy (non-hydrogen) atoms. The summed E-state index contributed by atoms with van der Waals surface area (Å²) in [5, 5.41) is 3.86. The van der Waals surface area contributed by atoms with E-state index in [2.05, 4.69) is 17.5 Å². The highest BCUT2D eigenvalue weighted by Gasteiger charge is 2.04. The van der Waals surface area contributed by atoms with E-state index < -0.39 is 0 Å². The first-order valence-electron chi connectivity index (χ1n) is 5.54. The number of rotatable bonds is 4. The maximum absolute atomic E-state index is 11.6. The summed E-state index contributed by atoms with van der Waals surface area (Å²) in [5.41, 5.74) is 5.46. The van der Waals surface area contributed by atoms with Crippen LogP contribution in [0.4, 0.5) is 0 Å². The highest BCUT2D eigenvalue weighted by Crippen LogP contribution is 2.09. The van der Waals surface area contributed by atoms with E-state index in [1.807, 2.05) is 32.0 Å². The summed E-state index contributed by atoms with van der Waals surface area (Å²) in [6.07, 6.45) is 3.63. The Hall–Kier alpha value is -1.64. The fourth-order valence-corrected chi connectivity index (χ4v) is 1.25. The lowest BCUT2D eigenvalue weighted by atomic mass is 10.1. The smallest absolute Gasteiger partial charge is 0.267 e. The van der Waals surface area contributed by atoms with E-state index in [0.29, 0.717) is 5.56 Å². The lowest BCUT2D eigenvalue weighted by Crippen LogP contribution is -2.17. The molecule has 0 spiro atoms. The molecule has 1 rings (SSSR count). The van der Waals surface area contributed by atoms with Crippen LogP contribution in [-0.2, 0) is 0 Å². The zero-order chi connectivity index (χ0) is 12.0. The van der Waals surface area contributed by atoms with Crippen molar-refractivity contribution in [2.75, 3.05) is 0 Å². The summed E-state index contributed by atoms with van der Waals surface area (Å²) in [6.45, 7) is 6.08. The summed E-state index contributed by atoms with van der Waals surface area (Å²) in [6, 6.07) is 5.63. The summed E-state index contributed by atoms with van der Waals surface area (Å²) in [4.78, 5) is 11.6. The molecule has 0 saturated heterocycles.